The van der Waals surface area contributed by atoms with E-state index in [1.807, 2.05) is 0 Å². The van der Waals surface area contributed by atoms with Crippen LogP contribution in [0.3, 0.4) is 0 Å². The van der Waals surface area contributed by atoms with Crippen molar-refractivity contribution in [3.05, 3.63) is 85.1 Å². The maximum atomic E-state index is 12.9. The molecule has 1 saturated heterocycles. The second-order valence-corrected chi connectivity index (χ2v) is 17.9. The van der Waals surface area contributed by atoms with Gasteiger partial charge in [0.2, 0.25) is 0 Å². The summed E-state index contributed by atoms with van der Waals surface area (Å²) in [5.41, 5.74) is 0. The Bertz CT molecular complexity index is 1280. The van der Waals surface area contributed by atoms with Crippen LogP contribution in [0.1, 0.15) is 206 Å². The zero-order valence-corrected chi connectivity index (χ0v) is 41.9. The highest BCUT2D eigenvalue weighted by Crippen LogP contribution is 2.23. The summed E-state index contributed by atoms with van der Waals surface area (Å²) in [5.74, 6) is -0.329. The Kier molecular flexibility index (Phi) is 44.1. The molecule has 380 valence electrons. The number of carbonyl (C=O) groups excluding carboxylic acids is 1. The Labute approximate surface area is 403 Å². The van der Waals surface area contributed by atoms with E-state index < -0.39 is 43.4 Å². The molecule has 0 spiro atoms. The molecule has 6 unspecified atom stereocenters. The number of ether oxygens (including phenoxy) is 4. The number of allylic oxidation sites excluding steroid dienone is 14. The van der Waals surface area contributed by atoms with Crippen LogP contribution in [0.25, 0.3) is 0 Å². The van der Waals surface area contributed by atoms with Gasteiger partial charge >= 0.3 is 5.97 Å². The Balaban J connectivity index is 2.24. The molecule has 4 N–H and O–H groups in total. The van der Waals surface area contributed by atoms with E-state index in [1.54, 1.807) is 0 Å². The monoisotopic (exact) mass is 927 g/mol. The van der Waals surface area contributed by atoms with Gasteiger partial charge in [0.1, 0.15) is 30.5 Å². The number of unbranched alkanes of at least 4 members (excludes halogenated alkanes) is 20. The van der Waals surface area contributed by atoms with E-state index >= 15 is 0 Å². The number of hydrogen-bond donors (Lipinski definition) is 4. The zero-order valence-electron chi connectivity index (χ0n) is 41.9. The van der Waals surface area contributed by atoms with Crippen molar-refractivity contribution < 1.29 is 44.2 Å². The molecule has 0 bridgehead atoms. The molecule has 6 atom stereocenters. The number of aliphatic hydroxyl groups excluding tert-OH is 4. The van der Waals surface area contributed by atoms with E-state index in [0.29, 0.717) is 13.0 Å². The smallest absolute Gasteiger partial charge is 0.306 e. The Morgan fingerprint density at radius 1 is 0.500 bits per heavy atom. The molecule has 9 heteroatoms. The molecule has 0 saturated carbocycles. The summed E-state index contributed by atoms with van der Waals surface area (Å²) in [5, 5.41) is 40.3. The minimum Gasteiger partial charge on any atom is -0.457 e. The number of hydrogen-bond acceptors (Lipinski definition) is 9. The van der Waals surface area contributed by atoms with E-state index in [9.17, 15) is 25.2 Å². The van der Waals surface area contributed by atoms with Crippen LogP contribution >= 0.6 is 0 Å². The lowest BCUT2D eigenvalue weighted by molar-refractivity contribution is -0.305. The summed E-state index contributed by atoms with van der Waals surface area (Å²) < 4.78 is 22.9. The van der Waals surface area contributed by atoms with Crippen molar-refractivity contribution in [3.63, 3.8) is 0 Å². The standard InChI is InChI=1S/C57H98O9/c1-3-5-7-9-11-13-15-17-19-21-23-25-27-29-31-33-35-37-39-41-43-45-47-63-49-51(50-64-57-56(62)55(61)54(60)52(48-58)66-57)65-53(59)46-44-42-40-38-36-34-32-30-28-26-24-22-20-18-16-14-12-10-8-6-4-2/h5,7,11,13,17,19,22-25,29,31,35,37,51-52,54-58,60-62H,3-4,6,8-10,12,14-16,18,20-21,26-28,30,32-34,36,38-50H2,1-2H3/b7-5-,13-11-,19-17-,24-22-,25-23-,31-29-,37-35-. The van der Waals surface area contributed by atoms with Crippen LogP contribution in [0.5, 0.6) is 0 Å². The van der Waals surface area contributed by atoms with Crippen LogP contribution in [0.4, 0.5) is 0 Å². The molecule has 66 heavy (non-hydrogen) atoms. The minimum absolute atomic E-state index is 0.117. The van der Waals surface area contributed by atoms with Crippen molar-refractivity contribution in [2.45, 2.75) is 243 Å². The molecule has 1 aliphatic rings. The lowest BCUT2D eigenvalue weighted by Gasteiger charge is -2.39. The van der Waals surface area contributed by atoms with Gasteiger partial charge in [-0.25, -0.2) is 0 Å². The third kappa shape index (κ3) is 37.4. The van der Waals surface area contributed by atoms with Gasteiger partial charge in [-0.2, -0.15) is 0 Å². The summed E-state index contributed by atoms with van der Waals surface area (Å²) in [7, 11) is 0. The molecule has 0 radical (unpaired) electrons. The SMILES string of the molecule is CC/C=C\C/C=C\C/C=C\C/C=C\C/C=C\C/C=C\CCCCCOCC(COC1OC(CO)C(O)C(O)C1O)OC(=O)CCCCCCCCCCC/C=C\CCCCCCCCCC. The van der Waals surface area contributed by atoms with Gasteiger partial charge in [0.05, 0.1) is 19.8 Å². The summed E-state index contributed by atoms with van der Waals surface area (Å²) >= 11 is 0. The second-order valence-electron chi connectivity index (χ2n) is 17.9. The molecule has 0 aliphatic carbocycles. The van der Waals surface area contributed by atoms with Gasteiger partial charge in [-0.15, -0.1) is 0 Å². The number of esters is 1. The molecular weight excluding hydrogens is 829 g/mol. The highest BCUT2D eigenvalue weighted by Gasteiger charge is 2.44. The fourth-order valence-corrected chi connectivity index (χ4v) is 7.67. The molecule has 9 nitrogen and oxygen atoms in total. The number of aliphatic hydroxyl groups is 4. The van der Waals surface area contributed by atoms with Crippen molar-refractivity contribution in [1.82, 2.24) is 0 Å². The minimum atomic E-state index is -1.55. The fraction of sp³-hybridized carbons (Fsp3) is 0.737. The Morgan fingerprint density at radius 2 is 0.924 bits per heavy atom. The first-order chi connectivity index (χ1) is 32.4. The van der Waals surface area contributed by atoms with Crippen molar-refractivity contribution in [3.8, 4) is 0 Å². The number of rotatable bonds is 45. The van der Waals surface area contributed by atoms with Crippen molar-refractivity contribution in [2.24, 2.45) is 0 Å². The highest BCUT2D eigenvalue weighted by atomic mass is 16.7. The Hall–Kier alpha value is -2.63. The topological polar surface area (TPSA) is 135 Å². The molecule has 1 aliphatic heterocycles. The molecule has 1 rings (SSSR count). The first-order valence-corrected chi connectivity index (χ1v) is 26.7. The first kappa shape index (κ1) is 61.4. The van der Waals surface area contributed by atoms with Gasteiger partial charge in [0.15, 0.2) is 6.29 Å². The van der Waals surface area contributed by atoms with Gasteiger partial charge in [0, 0.05) is 13.0 Å². The van der Waals surface area contributed by atoms with Crippen molar-refractivity contribution >= 4 is 5.97 Å². The molecule has 1 fully saturated rings. The lowest BCUT2D eigenvalue weighted by atomic mass is 9.99. The van der Waals surface area contributed by atoms with Gasteiger partial charge in [-0.05, 0) is 89.9 Å². The lowest BCUT2D eigenvalue weighted by Crippen LogP contribution is -2.59. The van der Waals surface area contributed by atoms with Crippen LogP contribution in [0.2, 0.25) is 0 Å². The third-order valence-corrected chi connectivity index (χ3v) is 11.8. The molecule has 0 aromatic rings. The maximum Gasteiger partial charge on any atom is 0.306 e. The molecule has 1 heterocycles. The summed E-state index contributed by atoms with van der Waals surface area (Å²) in [6.07, 6.45) is 57.6. The summed E-state index contributed by atoms with van der Waals surface area (Å²) in [4.78, 5) is 12.9. The van der Waals surface area contributed by atoms with Crippen molar-refractivity contribution in [2.75, 3.05) is 26.4 Å². The van der Waals surface area contributed by atoms with Gasteiger partial charge in [-0.3, -0.25) is 4.79 Å². The summed E-state index contributed by atoms with van der Waals surface area (Å²) in [6.45, 7) is 4.37. The zero-order chi connectivity index (χ0) is 47.8. The third-order valence-electron chi connectivity index (χ3n) is 11.8. The van der Waals surface area contributed by atoms with Gasteiger partial charge < -0.3 is 39.4 Å². The first-order valence-electron chi connectivity index (χ1n) is 26.7. The Morgan fingerprint density at radius 3 is 1.41 bits per heavy atom. The van der Waals surface area contributed by atoms with Crippen LogP contribution in [-0.2, 0) is 23.7 Å². The van der Waals surface area contributed by atoms with E-state index in [1.165, 1.54) is 103 Å². The fourth-order valence-electron chi connectivity index (χ4n) is 7.67. The van der Waals surface area contributed by atoms with Crippen LogP contribution < -0.4 is 0 Å². The molecule has 0 aromatic carbocycles. The number of carbonyl (C=O) groups is 1. The normalized spacial score (nSPS) is 20.0. The van der Waals surface area contributed by atoms with E-state index in [2.05, 4.69) is 98.9 Å². The van der Waals surface area contributed by atoms with Crippen LogP contribution in [0, 0.1) is 0 Å². The van der Waals surface area contributed by atoms with Crippen LogP contribution in [-0.4, -0.2) is 89.6 Å². The van der Waals surface area contributed by atoms with Crippen molar-refractivity contribution in [1.29, 1.82) is 0 Å². The van der Waals surface area contributed by atoms with E-state index in [4.69, 9.17) is 18.9 Å². The van der Waals surface area contributed by atoms with Gasteiger partial charge in [-0.1, -0.05) is 195 Å². The second kappa shape index (κ2) is 47.4. The average Bonchev–Trinajstić information content (AvgIpc) is 3.32. The predicted molar refractivity (Wildman–Crippen MR) is 274 cm³/mol. The predicted octanol–water partition coefficient (Wildman–Crippen LogP) is 13.4. The molecular formula is C57H98O9. The van der Waals surface area contributed by atoms with E-state index in [-0.39, 0.29) is 19.2 Å². The highest BCUT2D eigenvalue weighted by molar-refractivity contribution is 5.69. The average molecular weight is 927 g/mol. The quantitative estimate of drug-likeness (QED) is 0.0267. The summed E-state index contributed by atoms with van der Waals surface area (Å²) in [6, 6.07) is 0. The molecule has 0 aromatic heterocycles. The van der Waals surface area contributed by atoms with Crippen LogP contribution in [0.15, 0.2) is 85.1 Å². The van der Waals surface area contributed by atoms with E-state index in [0.717, 1.165) is 83.5 Å². The molecule has 0 amide bonds. The largest absolute Gasteiger partial charge is 0.457 e. The maximum absolute atomic E-state index is 12.9. The van der Waals surface area contributed by atoms with Gasteiger partial charge in [0.25, 0.3) is 0 Å².